The summed E-state index contributed by atoms with van der Waals surface area (Å²) in [5, 5.41) is 11.8. The number of nitrogens with zero attached hydrogens (tertiary/aromatic N) is 1. The first-order chi connectivity index (χ1) is 11.7. The number of methoxy groups -OCH3 is 1. The van der Waals surface area contributed by atoms with E-state index in [1.54, 1.807) is 11.8 Å². The maximum atomic E-state index is 12.6. The van der Waals surface area contributed by atoms with Crippen molar-refractivity contribution >= 4 is 23.4 Å². The Morgan fingerprint density at radius 1 is 1.21 bits per heavy atom. The number of hydrogen-bond acceptors (Lipinski definition) is 4. The zero-order valence-corrected chi connectivity index (χ0v) is 14.5. The van der Waals surface area contributed by atoms with Crippen LogP contribution in [0.15, 0.2) is 59.5 Å². The van der Waals surface area contributed by atoms with Crippen molar-refractivity contribution in [2.45, 2.75) is 17.9 Å². The van der Waals surface area contributed by atoms with Gasteiger partial charge in [-0.05, 0) is 24.6 Å². The number of thioether (sulfide) groups is 1. The van der Waals surface area contributed by atoms with Gasteiger partial charge in [0.2, 0.25) is 0 Å². The quantitative estimate of drug-likeness (QED) is 0.765. The van der Waals surface area contributed by atoms with Crippen molar-refractivity contribution < 1.29 is 9.53 Å². The standard InChI is InChI=1S/C19H20N2O2S/c1-14(12-20)13-24-17-11-7-6-10-16(17)21-19(22)18(23-2)15-8-4-3-5-9-15/h3-11,14,18H,13H2,1-2H3,(H,21,22)/t14-,18+/m1/s1. The van der Waals surface area contributed by atoms with Crippen LogP contribution >= 0.6 is 11.8 Å². The summed E-state index contributed by atoms with van der Waals surface area (Å²) >= 11 is 1.56. The molecule has 2 atom stereocenters. The lowest BCUT2D eigenvalue weighted by atomic mass is 10.1. The second-order valence-electron chi connectivity index (χ2n) is 5.35. The largest absolute Gasteiger partial charge is 0.367 e. The van der Waals surface area contributed by atoms with Gasteiger partial charge in [0.1, 0.15) is 0 Å². The van der Waals surface area contributed by atoms with Crippen LogP contribution in [0.25, 0.3) is 0 Å². The number of amides is 1. The van der Waals surface area contributed by atoms with Crippen molar-refractivity contribution in [2.75, 3.05) is 18.2 Å². The molecule has 0 aliphatic heterocycles. The molecule has 0 radical (unpaired) electrons. The predicted octanol–water partition coefficient (Wildman–Crippen LogP) is 4.26. The van der Waals surface area contributed by atoms with Gasteiger partial charge >= 0.3 is 0 Å². The highest BCUT2D eigenvalue weighted by molar-refractivity contribution is 7.99. The van der Waals surface area contributed by atoms with E-state index in [9.17, 15) is 4.79 Å². The SMILES string of the molecule is CO[C@H](C(=O)Nc1ccccc1SC[C@H](C)C#N)c1ccccc1. The van der Waals surface area contributed by atoms with Gasteiger partial charge in [0.05, 0.1) is 17.7 Å². The fraction of sp³-hybridized carbons (Fsp3) is 0.263. The predicted molar refractivity (Wildman–Crippen MR) is 96.8 cm³/mol. The highest BCUT2D eigenvalue weighted by atomic mass is 32.2. The van der Waals surface area contributed by atoms with E-state index >= 15 is 0 Å². The number of nitrogens with one attached hydrogen (secondary N) is 1. The van der Waals surface area contributed by atoms with E-state index in [1.807, 2.05) is 61.5 Å². The third-order valence-electron chi connectivity index (χ3n) is 3.43. The van der Waals surface area contributed by atoms with E-state index in [4.69, 9.17) is 10.00 Å². The average Bonchev–Trinajstić information content (AvgIpc) is 2.62. The number of nitriles is 1. The molecule has 0 aromatic heterocycles. The van der Waals surface area contributed by atoms with Gasteiger partial charge in [0.25, 0.3) is 5.91 Å². The number of para-hydroxylation sites is 1. The van der Waals surface area contributed by atoms with Crippen molar-refractivity contribution in [1.29, 1.82) is 5.26 Å². The fourth-order valence-electron chi connectivity index (χ4n) is 2.17. The molecule has 5 heteroatoms. The monoisotopic (exact) mass is 340 g/mol. The van der Waals surface area contributed by atoms with Crippen molar-refractivity contribution in [3.05, 3.63) is 60.2 Å². The van der Waals surface area contributed by atoms with Crippen LogP contribution in [0, 0.1) is 17.2 Å². The lowest BCUT2D eigenvalue weighted by Crippen LogP contribution is -2.22. The van der Waals surface area contributed by atoms with Crippen LogP contribution in [-0.2, 0) is 9.53 Å². The van der Waals surface area contributed by atoms with E-state index in [0.29, 0.717) is 5.75 Å². The molecule has 0 fully saturated rings. The molecule has 4 nitrogen and oxygen atoms in total. The molecule has 124 valence electrons. The molecular formula is C19H20N2O2S. The summed E-state index contributed by atoms with van der Waals surface area (Å²) in [4.78, 5) is 13.5. The summed E-state index contributed by atoms with van der Waals surface area (Å²) in [6.07, 6.45) is -0.665. The Morgan fingerprint density at radius 3 is 2.54 bits per heavy atom. The normalized spacial score (nSPS) is 12.9. The average molecular weight is 340 g/mol. The molecule has 0 heterocycles. The molecule has 0 bridgehead atoms. The van der Waals surface area contributed by atoms with Gasteiger partial charge in [0, 0.05) is 17.8 Å². The smallest absolute Gasteiger partial charge is 0.258 e. The second-order valence-corrected chi connectivity index (χ2v) is 6.41. The zero-order valence-electron chi connectivity index (χ0n) is 13.7. The number of benzene rings is 2. The van der Waals surface area contributed by atoms with Gasteiger partial charge in [-0.25, -0.2) is 0 Å². The van der Waals surface area contributed by atoms with Crippen LogP contribution in [0.1, 0.15) is 18.6 Å². The minimum atomic E-state index is -0.665. The summed E-state index contributed by atoms with van der Waals surface area (Å²) in [6, 6.07) is 19.2. The Labute approximate surface area is 146 Å². The van der Waals surface area contributed by atoms with Crippen LogP contribution in [0.4, 0.5) is 5.69 Å². The Bertz CT molecular complexity index is 713. The van der Waals surface area contributed by atoms with Crippen molar-refractivity contribution in [1.82, 2.24) is 0 Å². The van der Waals surface area contributed by atoms with Crippen LogP contribution in [0.5, 0.6) is 0 Å². The number of rotatable bonds is 7. The Balaban J connectivity index is 2.12. The van der Waals surface area contributed by atoms with E-state index in [2.05, 4.69) is 11.4 Å². The summed E-state index contributed by atoms with van der Waals surface area (Å²) < 4.78 is 5.36. The Hall–Kier alpha value is -2.29. The van der Waals surface area contributed by atoms with E-state index in [0.717, 1.165) is 16.1 Å². The molecule has 0 saturated carbocycles. The summed E-state index contributed by atoms with van der Waals surface area (Å²) in [6.45, 7) is 1.88. The maximum absolute atomic E-state index is 12.6. The van der Waals surface area contributed by atoms with Gasteiger partial charge in [-0.2, -0.15) is 5.26 Å². The highest BCUT2D eigenvalue weighted by Gasteiger charge is 2.20. The molecule has 0 unspecified atom stereocenters. The minimum absolute atomic E-state index is 0.0465. The van der Waals surface area contributed by atoms with Gasteiger partial charge in [-0.1, -0.05) is 42.5 Å². The molecule has 2 rings (SSSR count). The maximum Gasteiger partial charge on any atom is 0.258 e. The number of carbonyl (C=O) groups excluding carboxylic acids is 1. The minimum Gasteiger partial charge on any atom is -0.367 e. The lowest BCUT2D eigenvalue weighted by molar-refractivity contribution is -0.126. The van der Waals surface area contributed by atoms with E-state index in [-0.39, 0.29) is 11.8 Å². The number of ether oxygens (including phenoxy) is 1. The zero-order chi connectivity index (χ0) is 17.4. The van der Waals surface area contributed by atoms with Gasteiger partial charge in [0.15, 0.2) is 6.10 Å². The van der Waals surface area contributed by atoms with Crippen molar-refractivity contribution in [3.63, 3.8) is 0 Å². The highest BCUT2D eigenvalue weighted by Crippen LogP contribution is 2.29. The van der Waals surface area contributed by atoms with E-state index < -0.39 is 6.10 Å². The molecular weight excluding hydrogens is 320 g/mol. The molecule has 2 aromatic carbocycles. The second kappa shape index (κ2) is 9.11. The summed E-state index contributed by atoms with van der Waals surface area (Å²) in [5.41, 5.74) is 1.54. The summed E-state index contributed by atoms with van der Waals surface area (Å²) in [5.74, 6) is 0.412. The van der Waals surface area contributed by atoms with Crippen LogP contribution < -0.4 is 5.32 Å². The number of anilines is 1. The molecule has 1 N–H and O–H groups in total. The first-order valence-electron chi connectivity index (χ1n) is 7.65. The van der Waals surface area contributed by atoms with Crippen molar-refractivity contribution in [2.24, 2.45) is 5.92 Å². The Kier molecular flexibility index (Phi) is 6.86. The molecule has 1 amide bonds. The van der Waals surface area contributed by atoms with Crippen LogP contribution in [0.3, 0.4) is 0 Å². The topological polar surface area (TPSA) is 62.1 Å². The fourth-order valence-corrected chi connectivity index (χ4v) is 3.12. The molecule has 0 spiro atoms. The Morgan fingerprint density at radius 2 is 1.88 bits per heavy atom. The first-order valence-corrected chi connectivity index (χ1v) is 8.64. The summed E-state index contributed by atoms with van der Waals surface area (Å²) in [7, 11) is 1.52. The molecule has 0 aliphatic rings. The lowest BCUT2D eigenvalue weighted by Gasteiger charge is -2.17. The first kappa shape index (κ1) is 18.1. The van der Waals surface area contributed by atoms with Crippen molar-refractivity contribution in [3.8, 4) is 6.07 Å². The number of carbonyl (C=O) groups is 1. The van der Waals surface area contributed by atoms with E-state index in [1.165, 1.54) is 7.11 Å². The van der Waals surface area contributed by atoms with Gasteiger partial charge in [-0.3, -0.25) is 4.79 Å². The third kappa shape index (κ3) is 4.85. The van der Waals surface area contributed by atoms with Gasteiger partial charge < -0.3 is 10.1 Å². The number of hydrogen-bond donors (Lipinski definition) is 1. The molecule has 2 aromatic rings. The third-order valence-corrected chi connectivity index (χ3v) is 4.76. The van der Waals surface area contributed by atoms with Crippen LogP contribution in [-0.4, -0.2) is 18.8 Å². The molecule has 0 aliphatic carbocycles. The van der Waals surface area contributed by atoms with Gasteiger partial charge in [-0.15, -0.1) is 11.8 Å². The molecule has 24 heavy (non-hydrogen) atoms. The van der Waals surface area contributed by atoms with Crippen LogP contribution in [0.2, 0.25) is 0 Å². The molecule has 0 saturated heterocycles.